The van der Waals surface area contributed by atoms with Crippen molar-refractivity contribution in [3.05, 3.63) is 78.9 Å². The highest BCUT2D eigenvalue weighted by Gasteiger charge is 2.26. The number of phosphoric acid groups is 1. The van der Waals surface area contributed by atoms with Crippen LogP contribution in [0.25, 0.3) is 33.3 Å². The standard InChI is InChI=1S/C29H31N6O5P/c1-5-39-41(37,38)40-20(2)35-19-27(22-11-12-31-25(15-22)17-30)26-16-23(18-32-29(26)35)21-8-6-9-24(14-21)33-28(36)10-7-13-34(3)4/h6-12,14-16,18-20H,5,13H2,1-4H3,(H,33,36)(H,37,38). The van der Waals surface area contributed by atoms with Gasteiger partial charge in [-0.15, -0.1) is 0 Å². The van der Waals surface area contributed by atoms with Crippen LogP contribution in [0.2, 0.25) is 0 Å². The first-order valence-electron chi connectivity index (χ1n) is 12.9. The summed E-state index contributed by atoms with van der Waals surface area (Å²) in [6.07, 6.45) is 7.37. The van der Waals surface area contributed by atoms with Gasteiger partial charge in [-0.05, 0) is 69.4 Å². The Balaban J connectivity index is 1.75. The van der Waals surface area contributed by atoms with E-state index in [1.54, 1.807) is 61.3 Å². The smallest absolute Gasteiger partial charge is 0.323 e. The summed E-state index contributed by atoms with van der Waals surface area (Å²) in [5.74, 6) is -0.231. The van der Waals surface area contributed by atoms with Crippen molar-refractivity contribution in [2.45, 2.75) is 20.1 Å². The van der Waals surface area contributed by atoms with E-state index < -0.39 is 14.1 Å². The van der Waals surface area contributed by atoms with Gasteiger partial charge < -0.3 is 19.7 Å². The number of anilines is 1. The summed E-state index contributed by atoms with van der Waals surface area (Å²) in [5.41, 5.74) is 4.42. The van der Waals surface area contributed by atoms with E-state index in [0.29, 0.717) is 23.4 Å². The van der Waals surface area contributed by atoms with Crippen LogP contribution in [0.5, 0.6) is 0 Å². The highest BCUT2D eigenvalue weighted by atomic mass is 31.2. The van der Waals surface area contributed by atoms with Gasteiger partial charge in [-0.3, -0.25) is 13.8 Å². The fourth-order valence-corrected chi connectivity index (χ4v) is 5.10. The van der Waals surface area contributed by atoms with Gasteiger partial charge in [-0.2, -0.15) is 5.26 Å². The van der Waals surface area contributed by atoms with Crippen LogP contribution in [0.1, 0.15) is 25.8 Å². The minimum atomic E-state index is -4.30. The van der Waals surface area contributed by atoms with Gasteiger partial charge in [-0.25, -0.2) is 14.5 Å². The van der Waals surface area contributed by atoms with Crippen LogP contribution in [0, 0.1) is 11.3 Å². The van der Waals surface area contributed by atoms with E-state index in [9.17, 15) is 19.5 Å². The summed E-state index contributed by atoms with van der Waals surface area (Å²) in [7, 11) is -0.451. The summed E-state index contributed by atoms with van der Waals surface area (Å²) in [5, 5.41) is 13.0. The normalized spacial score (nSPS) is 13.8. The average Bonchev–Trinajstić information content (AvgIpc) is 3.32. The number of phosphoric ester groups is 1. The molecule has 41 heavy (non-hydrogen) atoms. The molecule has 3 aromatic heterocycles. The molecule has 0 aliphatic rings. The third kappa shape index (κ3) is 7.52. The number of aromatic nitrogens is 3. The summed E-state index contributed by atoms with van der Waals surface area (Å²) < 4.78 is 24.2. The molecular weight excluding hydrogens is 543 g/mol. The largest absolute Gasteiger partial charge is 0.474 e. The van der Waals surface area contributed by atoms with Crippen molar-refractivity contribution >= 4 is 30.5 Å². The molecule has 2 atom stereocenters. The lowest BCUT2D eigenvalue weighted by molar-refractivity contribution is -0.111. The molecule has 11 nitrogen and oxygen atoms in total. The first-order valence-corrected chi connectivity index (χ1v) is 14.3. The van der Waals surface area contributed by atoms with Gasteiger partial charge in [0, 0.05) is 53.4 Å². The van der Waals surface area contributed by atoms with Gasteiger partial charge in [0.15, 0.2) is 0 Å². The predicted molar refractivity (Wildman–Crippen MR) is 157 cm³/mol. The van der Waals surface area contributed by atoms with Crippen molar-refractivity contribution in [3.8, 4) is 28.3 Å². The molecule has 212 valence electrons. The Morgan fingerprint density at radius 2 is 2.02 bits per heavy atom. The van der Waals surface area contributed by atoms with Crippen LogP contribution >= 0.6 is 7.82 Å². The molecule has 2 unspecified atom stereocenters. The lowest BCUT2D eigenvalue weighted by atomic mass is 10.0. The number of hydrogen-bond donors (Lipinski definition) is 2. The van der Waals surface area contributed by atoms with E-state index in [1.807, 2.05) is 43.3 Å². The summed E-state index contributed by atoms with van der Waals surface area (Å²) in [6.45, 7) is 3.88. The zero-order valence-electron chi connectivity index (χ0n) is 23.2. The van der Waals surface area contributed by atoms with E-state index in [0.717, 1.165) is 22.1 Å². The fourth-order valence-electron chi connectivity index (χ4n) is 4.22. The zero-order valence-corrected chi connectivity index (χ0v) is 24.1. The van der Waals surface area contributed by atoms with Crippen LogP contribution in [-0.4, -0.2) is 57.5 Å². The number of benzene rings is 1. The summed E-state index contributed by atoms with van der Waals surface area (Å²) >= 11 is 0. The molecule has 0 bridgehead atoms. The number of amides is 1. The molecule has 0 saturated heterocycles. The Kier molecular flexibility index (Phi) is 9.45. The SMILES string of the molecule is CCOP(=O)(O)OC(C)n1cc(-c2ccnc(C#N)c2)c2cc(-c3cccc(NC(=O)C=CCN(C)C)c3)cnc21. The van der Waals surface area contributed by atoms with E-state index in [4.69, 9.17) is 9.05 Å². The summed E-state index contributed by atoms with van der Waals surface area (Å²) in [6, 6.07) is 14.8. The van der Waals surface area contributed by atoms with Crippen LogP contribution < -0.4 is 5.32 Å². The lowest BCUT2D eigenvalue weighted by Crippen LogP contribution is -2.12. The number of fused-ring (bicyclic) bond motifs is 1. The van der Waals surface area contributed by atoms with E-state index in [2.05, 4.69) is 21.4 Å². The molecule has 0 saturated carbocycles. The van der Waals surface area contributed by atoms with Crippen molar-refractivity contribution in [3.63, 3.8) is 0 Å². The quantitative estimate of drug-likeness (QED) is 0.179. The predicted octanol–water partition coefficient (Wildman–Crippen LogP) is 5.37. The topological polar surface area (TPSA) is 143 Å². The molecule has 0 spiro atoms. The Bertz CT molecular complexity index is 1680. The van der Waals surface area contributed by atoms with Crippen LogP contribution in [0.3, 0.4) is 0 Å². The van der Waals surface area contributed by atoms with Gasteiger partial charge in [0.1, 0.15) is 23.6 Å². The second-order valence-corrected chi connectivity index (χ2v) is 10.8. The minimum Gasteiger partial charge on any atom is -0.323 e. The van der Waals surface area contributed by atoms with Gasteiger partial charge in [-0.1, -0.05) is 18.2 Å². The van der Waals surface area contributed by atoms with Gasteiger partial charge in [0.25, 0.3) is 0 Å². The Hall–Kier alpha value is -4.17. The number of carbonyl (C=O) groups excluding carboxylic acids is 1. The number of nitrogens with zero attached hydrogens (tertiary/aromatic N) is 5. The zero-order chi connectivity index (χ0) is 29.6. The van der Waals surface area contributed by atoms with Crippen LogP contribution in [0.15, 0.2) is 73.2 Å². The van der Waals surface area contributed by atoms with Gasteiger partial charge in [0.2, 0.25) is 5.91 Å². The van der Waals surface area contributed by atoms with E-state index in [1.165, 1.54) is 6.08 Å². The monoisotopic (exact) mass is 574 g/mol. The molecule has 4 aromatic rings. The number of pyridine rings is 2. The molecule has 12 heteroatoms. The van der Waals surface area contributed by atoms with E-state index >= 15 is 0 Å². The number of likely N-dealkylation sites (N-methyl/N-ethyl adjacent to an activating group) is 1. The van der Waals surface area contributed by atoms with Gasteiger partial charge in [0.05, 0.1) is 6.61 Å². The average molecular weight is 575 g/mol. The van der Waals surface area contributed by atoms with Crippen molar-refractivity contribution < 1.29 is 23.3 Å². The second kappa shape index (κ2) is 13.0. The molecule has 0 fully saturated rings. The third-order valence-corrected chi connectivity index (χ3v) is 7.18. The maximum absolute atomic E-state index is 12.4. The number of nitrogens with one attached hydrogen (secondary N) is 1. The number of hydrogen-bond acceptors (Lipinski definition) is 8. The Labute approximate surface area is 238 Å². The van der Waals surface area contributed by atoms with Crippen LogP contribution in [0.4, 0.5) is 5.69 Å². The molecule has 1 amide bonds. The maximum Gasteiger partial charge on any atom is 0.474 e. The fraction of sp³-hybridized carbons (Fsp3) is 0.241. The molecule has 2 N–H and O–H groups in total. The molecule has 1 aromatic carbocycles. The van der Waals surface area contributed by atoms with E-state index in [-0.39, 0.29) is 18.2 Å². The molecular formula is C29H31N6O5P. The van der Waals surface area contributed by atoms with Crippen molar-refractivity contribution in [1.29, 1.82) is 5.26 Å². The molecule has 0 radical (unpaired) electrons. The van der Waals surface area contributed by atoms with Crippen molar-refractivity contribution in [2.75, 3.05) is 32.6 Å². The highest BCUT2D eigenvalue weighted by molar-refractivity contribution is 7.47. The molecule has 0 aliphatic heterocycles. The third-order valence-electron chi connectivity index (χ3n) is 6.03. The number of carbonyl (C=O) groups is 1. The lowest BCUT2D eigenvalue weighted by Gasteiger charge is -2.18. The number of nitriles is 1. The summed E-state index contributed by atoms with van der Waals surface area (Å²) in [4.78, 5) is 33.1. The number of rotatable bonds is 11. The molecule has 4 rings (SSSR count). The molecule has 3 heterocycles. The second-order valence-electron chi connectivity index (χ2n) is 9.41. The van der Waals surface area contributed by atoms with Crippen molar-refractivity contribution in [1.82, 2.24) is 19.4 Å². The highest BCUT2D eigenvalue weighted by Crippen LogP contribution is 2.47. The van der Waals surface area contributed by atoms with Gasteiger partial charge >= 0.3 is 7.82 Å². The minimum absolute atomic E-state index is 0.0135. The Morgan fingerprint density at radius 3 is 2.76 bits per heavy atom. The van der Waals surface area contributed by atoms with Crippen molar-refractivity contribution in [2.24, 2.45) is 0 Å². The Morgan fingerprint density at radius 1 is 1.22 bits per heavy atom. The van der Waals surface area contributed by atoms with Crippen LogP contribution in [-0.2, 0) is 18.4 Å². The first kappa shape index (κ1) is 29.8. The molecule has 0 aliphatic carbocycles. The maximum atomic E-state index is 12.4. The first-order chi connectivity index (χ1) is 19.6.